The molecule has 0 aromatic heterocycles. The maximum Gasteiger partial charge on any atom is 0.343 e. The number of esters is 1. The quantitative estimate of drug-likeness (QED) is 0.216. The highest BCUT2D eigenvalue weighted by atomic mass is 16.5. The molecule has 0 saturated carbocycles. The number of amidine groups is 1. The Labute approximate surface area is 181 Å². The van der Waals surface area contributed by atoms with E-state index in [1.165, 1.54) is 0 Å². The highest BCUT2D eigenvalue weighted by Gasteiger charge is 2.17. The monoisotopic (exact) mass is 417 g/mol. The fourth-order valence-electron chi connectivity index (χ4n) is 3.34. The van der Waals surface area contributed by atoms with Crippen molar-refractivity contribution < 1.29 is 9.53 Å². The number of aliphatic imine (C=N–C) groups is 1. The second-order valence-electron chi connectivity index (χ2n) is 8.64. The van der Waals surface area contributed by atoms with Gasteiger partial charge in [0.15, 0.2) is 5.96 Å². The minimum Gasteiger partial charge on any atom is -0.423 e. The molecule has 0 aliphatic carbocycles. The van der Waals surface area contributed by atoms with Crippen LogP contribution in [0.4, 0.5) is 5.69 Å². The molecule has 3 rings (SSSR count). The number of hydrogen-bond acceptors (Lipinski definition) is 4. The fraction of sp³-hybridized carbons (Fsp3) is 0.208. The van der Waals surface area contributed by atoms with E-state index < -0.39 is 5.97 Å². The van der Waals surface area contributed by atoms with Crippen molar-refractivity contribution in [3.8, 4) is 5.75 Å². The predicted octanol–water partition coefficient (Wildman–Crippen LogP) is 3.84. The first-order chi connectivity index (χ1) is 14.5. The molecule has 0 saturated heterocycles. The van der Waals surface area contributed by atoms with Crippen molar-refractivity contribution in [3.63, 3.8) is 0 Å². The van der Waals surface area contributed by atoms with E-state index in [1.807, 2.05) is 24.3 Å². The van der Waals surface area contributed by atoms with Gasteiger partial charge in [0, 0.05) is 5.56 Å². The highest BCUT2D eigenvalue weighted by Crippen LogP contribution is 2.29. The van der Waals surface area contributed by atoms with Crippen LogP contribution in [-0.4, -0.2) is 17.8 Å². The van der Waals surface area contributed by atoms with Gasteiger partial charge in [0.2, 0.25) is 0 Å². The molecular weight excluding hydrogens is 390 g/mol. The number of benzene rings is 3. The zero-order valence-corrected chi connectivity index (χ0v) is 17.9. The van der Waals surface area contributed by atoms with Gasteiger partial charge in [-0.2, -0.15) is 0 Å². The maximum atomic E-state index is 12.5. The summed E-state index contributed by atoms with van der Waals surface area (Å²) in [5.74, 6) is -0.0555. The van der Waals surface area contributed by atoms with Crippen LogP contribution >= 0.6 is 0 Å². The molecule has 3 aromatic rings. The summed E-state index contributed by atoms with van der Waals surface area (Å²) < 4.78 is 5.56. The summed E-state index contributed by atoms with van der Waals surface area (Å²) in [4.78, 5) is 16.5. The Morgan fingerprint density at radius 2 is 1.65 bits per heavy atom. The van der Waals surface area contributed by atoms with Gasteiger partial charge < -0.3 is 21.9 Å². The van der Waals surface area contributed by atoms with Gasteiger partial charge in [-0.05, 0) is 70.6 Å². The van der Waals surface area contributed by atoms with E-state index in [2.05, 4.69) is 25.8 Å². The predicted molar refractivity (Wildman–Crippen MR) is 125 cm³/mol. The summed E-state index contributed by atoms with van der Waals surface area (Å²) in [7, 11) is 0. The van der Waals surface area contributed by atoms with Crippen LogP contribution in [0.5, 0.6) is 5.75 Å². The average molecular weight is 418 g/mol. The van der Waals surface area contributed by atoms with E-state index in [0.717, 1.165) is 28.3 Å². The van der Waals surface area contributed by atoms with Crippen LogP contribution in [0.2, 0.25) is 0 Å². The Balaban J connectivity index is 1.89. The van der Waals surface area contributed by atoms with Crippen molar-refractivity contribution in [2.75, 3.05) is 0 Å². The summed E-state index contributed by atoms with van der Waals surface area (Å²) in [5, 5.41) is 9.76. The number of ether oxygens (including phenoxy) is 1. The first-order valence-corrected chi connectivity index (χ1v) is 9.85. The number of nitrogen functional groups attached to an aromatic ring is 1. The molecule has 3 aromatic carbocycles. The van der Waals surface area contributed by atoms with Crippen LogP contribution in [0.15, 0.2) is 59.6 Å². The van der Waals surface area contributed by atoms with Crippen molar-refractivity contribution >= 4 is 34.2 Å². The lowest BCUT2D eigenvalue weighted by molar-refractivity contribution is 0.0735. The summed E-state index contributed by atoms with van der Waals surface area (Å²) in [6.45, 7) is 6.41. The van der Waals surface area contributed by atoms with Gasteiger partial charge in [-0.3, -0.25) is 5.41 Å². The molecule has 160 valence electrons. The Kier molecular flexibility index (Phi) is 5.97. The van der Waals surface area contributed by atoms with E-state index in [0.29, 0.717) is 17.0 Å². The molecule has 0 radical (unpaired) electrons. The molecule has 0 amide bonds. The molecule has 7 heteroatoms. The summed E-state index contributed by atoms with van der Waals surface area (Å²) in [6.07, 6.45) is 0.768. The Morgan fingerprint density at radius 1 is 0.968 bits per heavy atom. The van der Waals surface area contributed by atoms with Crippen molar-refractivity contribution in [2.45, 2.75) is 27.2 Å². The molecule has 0 spiro atoms. The lowest BCUT2D eigenvalue weighted by Gasteiger charge is -2.21. The summed E-state index contributed by atoms with van der Waals surface area (Å²) in [6, 6.07) is 15.8. The van der Waals surface area contributed by atoms with Gasteiger partial charge in [0.05, 0.1) is 11.3 Å². The SMILES string of the molecule is CC(C)(C)Cc1cc2cc(OC(=O)c3ccc(N=C(N)N)cc3)ccc2cc1C(=N)N. The zero-order chi connectivity index (χ0) is 22.8. The number of fused-ring (bicyclic) bond motifs is 1. The summed E-state index contributed by atoms with van der Waals surface area (Å²) in [5.41, 5.74) is 19.2. The van der Waals surface area contributed by atoms with Crippen LogP contribution in [0.1, 0.15) is 42.3 Å². The van der Waals surface area contributed by atoms with Gasteiger partial charge in [-0.25, -0.2) is 9.79 Å². The number of carbonyl (C=O) groups is 1. The molecule has 0 aliphatic rings. The lowest BCUT2D eigenvalue weighted by atomic mass is 9.85. The number of guanidine groups is 1. The van der Waals surface area contributed by atoms with Crippen molar-refractivity contribution in [1.82, 2.24) is 0 Å². The van der Waals surface area contributed by atoms with E-state index in [4.69, 9.17) is 27.3 Å². The number of hydrogen-bond donors (Lipinski definition) is 4. The molecule has 7 N–H and O–H groups in total. The standard InChI is InChI=1S/C24H27N5O2/c1-24(2,3)13-17-10-16-11-19(9-6-15(16)12-20(17)21(25)26)31-22(30)14-4-7-18(8-5-14)29-23(27)28/h4-12H,13H2,1-3H3,(H3,25,26)(H4,27,28,29). The first kappa shape index (κ1) is 21.8. The molecular formula is C24H27N5O2. The van der Waals surface area contributed by atoms with E-state index in [9.17, 15) is 4.79 Å². The third-order valence-corrected chi connectivity index (χ3v) is 4.62. The molecule has 31 heavy (non-hydrogen) atoms. The molecule has 0 fully saturated rings. The zero-order valence-electron chi connectivity index (χ0n) is 17.9. The number of rotatable bonds is 5. The molecule has 7 nitrogen and oxygen atoms in total. The van der Waals surface area contributed by atoms with Gasteiger partial charge in [0.25, 0.3) is 0 Å². The molecule has 0 bridgehead atoms. The Hall–Kier alpha value is -3.87. The number of nitrogens with zero attached hydrogens (tertiary/aromatic N) is 1. The largest absolute Gasteiger partial charge is 0.423 e. The molecule has 0 unspecified atom stereocenters. The van der Waals surface area contributed by atoms with Crippen LogP contribution in [0.3, 0.4) is 0 Å². The van der Waals surface area contributed by atoms with Gasteiger partial charge in [-0.1, -0.05) is 32.9 Å². The minimum atomic E-state index is -0.481. The number of nitrogens with one attached hydrogen (secondary N) is 1. The van der Waals surface area contributed by atoms with Crippen LogP contribution in [0.25, 0.3) is 10.8 Å². The minimum absolute atomic E-state index is 0.0345. The van der Waals surface area contributed by atoms with Crippen molar-refractivity contribution in [3.05, 3.63) is 71.3 Å². The summed E-state index contributed by atoms with van der Waals surface area (Å²) >= 11 is 0. The van der Waals surface area contributed by atoms with Gasteiger partial charge >= 0.3 is 5.97 Å². The maximum absolute atomic E-state index is 12.5. The second-order valence-corrected chi connectivity index (χ2v) is 8.64. The molecule has 0 heterocycles. The third-order valence-electron chi connectivity index (χ3n) is 4.62. The topological polar surface area (TPSA) is 141 Å². The second kappa shape index (κ2) is 8.47. The Morgan fingerprint density at radius 3 is 2.23 bits per heavy atom. The van der Waals surface area contributed by atoms with E-state index in [1.54, 1.807) is 30.3 Å². The normalized spacial score (nSPS) is 11.2. The molecule has 0 atom stereocenters. The van der Waals surface area contributed by atoms with Crippen LogP contribution in [-0.2, 0) is 6.42 Å². The van der Waals surface area contributed by atoms with Crippen molar-refractivity contribution in [1.29, 1.82) is 5.41 Å². The highest BCUT2D eigenvalue weighted by molar-refractivity contribution is 6.01. The van der Waals surface area contributed by atoms with Crippen LogP contribution in [0, 0.1) is 10.8 Å². The number of nitrogens with two attached hydrogens (primary N) is 3. The van der Waals surface area contributed by atoms with Gasteiger partial charge in [0.1, 0.15) is 11.6 Å². The fourth-order valence-corrected chi connectivity index (χ4v) is 3.34. The average Bonchev–Trinajstić information content (AvgIpc) is 2.66. The van der Waals surface area contributed by atoms with E-state index >= 15 is 0 Å². The van der Waals surface area contributed by atoms with E-state index in [-0.39, 0.29) is 17.2 Å². The Bertz CT molecular complexity index is 1170. The van der Waals surface area contributed by atoms with Gasteiger partial charge in [-0.15, -0.1) is 0 Å². The van der Waals surface area contributed by atoms with Crippen LogP contribution < -0.4 is 21.9 Å². The first-order valence-electron chi connectivity index (χ1n) is 9.85. The smallest absolute Gasteiger partial charge is 0.343 e. The number of carbonyl (C=O) groups excluding carboxylic acids is 1. The molecule has 0 aliphatic heterocycles. The third kappa shape index (κ3) is 5.60. The van der Waals surface area contributed by atoms with Crippen molar-refractivity contribution in [2.24, 2.45) is 27.6 Å². The lowest BCUT2D eigenvalue weighted by Crippen LogP contribution is -2.21.